The lowest BCUT2D eigenvalue weighted by atomic mass is 9.98. The van der Waals surface area contributed by atoms with Gasteiger partial charge in [0, 0.05) is 7.05 Å². The Morgan fingerprint density at radius 3 is 2.84 bits per heavy atom. The molecule has 1 N–H and O–H groups in total. The van der Waals surface area contributed by atoms with Crippen LogP contribution in [0, 0.1) is 23.1 Å². The minimum atomic E-state index is -0.810. The second-order valence-electron chi connectivity index (χ2n) is 6.27. The third-order valence-electron chi connectivity index (χ3n) is 4.31. The minimum absolute atomic E-state index is 0.118. The Balaban J connectivity index is 1.66. The smallest absolute Gasteiger partial charge is 0.231 e. The number of amides is 1. The van der Waals surface area contributed by atoms with E-state index in [1.165, 1.54) is 17.8 Å². The van der Waals surface area contributed by atoms with Gasteiger partial charge in [0.1, 0.15) is 11.4 Å². The van der Waals surface area contributed by atoms with Crippen LogP contribution < -0.4 is 5.32 Å². The zero-order chi connectivity index (χ0) is 18.0. The second kappa shape index (κ2) is 6.84. The van der Waals surface area contributed by atoms with Gasteiger partial charge in [-0.15, -0.1) is 10.2 Å². The Kier molecular flexibility index (Phi) is 4.77. The van der Waals surface area contributed by atoms with E-state index < -0.39 is 5.54 Å². The summed E-state index contributed by atoms with van der Waals surface area (Å²) in [7, 11) is 1.73. The summed E-state index contributed by atoms with van der Waals surface area (Å²) in [5.74, 6) is 0.153. The number of nitriles is 1. The van der Waals surface area contributed by atoms with E-state index in [0.717, 1.165) is 12.8 Å². The molecule has 1 aliphatic carbocycles. The van der Waals surface area contributed by atoms with Gasteiger partial charge in [-0.05, 0) is 37.8 Å². The van der Waals surface area contributed by atoms with Gasteiger partial charge in [0.05, 0.1) is 17.4 Å². The van der Waals surface area contributed by atoms with Crippen molar-refractivity contribution in [2.75, 3.05) is 5.75 Å². The first-order valence-electron chi connectivity index (χ1n) is 7.94. The van der Waals surface area contributed by atoms with Gasteiger partial charge < -0.3 is 9.88 Å². The molecule has 2 aromatic rings. The van der Waals surface area contributed by atoms with Crippen LogP contribution in [0.2, 0.25) is 0 Å². The number of aromatic nitrogens is 3. The van der Waals surface area contributed by atoms with Crippen molar-refractivity contribution < 1.29 is 9.18 Å². The molecule has 0 bridgehead atoms. The van der Waals surface area contributed by atoms with Crippen molar-refractivity contribution >= 4 is 17.7 Å². The van der Waals surface area contributed by atoms with Crippen molar-refractivity contribution in [3.8, 4) is 17.5 Å². The van der Waals surface area contributed by atoms with E-state index in [4.69, 9.17) is 0 Å². The van der Waals surface area contributed by atoms with Crippen molar-refractivity contribution in [3.63, 3.8) is 0 Å². The summed E-state index contributed by atoms with van der Waals surface area (Å²) in [6.07, 6.45) is 1.93. The molecule has 1 atom stereocenters. The van der Waals surface area contributed by atoms with Crippen LogP contribution in [0.5, 0.6) is 0 Å². The number of carbonyl (C=O) groups is 1. The second-order valence-corrected chi connectivity index (χ2v) is 7.21. The van der Waals surface area contributed by atoms with Crippen LogP contribution in [-0.2, 0) is 11.8 Å². The highest BCUT2D eigenvalue weighted by atomic mass is 32.2. The number of halogens is 1. The van der Waals surface area contributed by atoms with E-state index in [-0.39, 0.29) is 23.4 Å². The van der Waals surface area contributed by atoms with Gasteiger partial charge in [-0.1, -0.05) is 23.9 Å². The molecule has 0 radical (unpaired) electrons. The Morgan fingerprint density at radius 1 is 1.48 bits per heavy atom. The first-order valence-corrected chi connectivity index (χ1v) is 8.92. The van der Waals surface area contributed by atoms with Crippen molar-refractivity contribution in [2.24, 2.45) is 13.0 Å². The molecule has 1 saturated carbocycles. The summed E-state index contributed by atoms with van der Waals surface area (Å²) in [5, 5.41) is 20.7. The SMILES string of the molecule is Cn1c(SCC(=O)N[C@@](C)(C#N)C2CC2)nnc1-c1ccccc1F. The van der Waals surface area contributed by atoms with E-state index in [9.17, 15) is 14.4 Å². The summed E-state index contributed by atoms with van der Waals surface area (Å²) >= 11 is 1.21. The van der Waals surface area contributed by atoms with E-state index in [2.05, 4.69) is 21.6 Å². The highest BCUT2D eigenvalue weighted by Crippen LogP contribution is 2.39. The van der Waals surface area contributed by atoms with Crippen LogP contribution in [0.3, 0.4) is 0 Å². The lowest BCUT2D eigenvalue weighted by molar-refractivity contribution is -0.119. The number of nitrogens with zero attached hydrogens (tertiary/aromatic N) is 4. The number of carbonyl (C=O) groups excluding carboxylic acids is 1. The molecule has 1 aromatic heterocycles. The average molecular weight is 359 g/mol. The van der Waals surface area contributed by atoms with Gasteiger partial charge in [-0.25, -0.2) is 4.39 Å². The minimum Gasteiger partial charge on any atom is -0.337 e. The molecule has 130 valence electrons. The first kappa shape index (κ1) is 17.4. The van der Waals surface area contributed by atoms with Crippen LogP contribution in [0.15, 0.2) is 29.4 Å². The highest BCUT2D eigenvalue weighted by molar-refractivity contribution is 7.99. The molecule has 0 unspecified atom stereocenters. The molecule has 1 fully saturated rings. The molecule has 3 rings (SSSR count). The number of hydrogen-bond acceptors (Lipinski definition) is 5. The predicted octanol–water partition coefficient (Wildman–Crippen LogP) is 2.52. The third kappa shape index (κ3) is 3.66. The molecule has 0 saturated heterocycles. The number of rotatable bonds is 6. The van der Waals surface area contributed by atoms with Gasteiger partial charge in [-0.2, -0.15) is 5.26 Å². The molecular weight excluding hydrogens is 341 g/mol. The standard InChI is InChI=1S/C17H18FN5OS/c1-17(10-19,11-7-8-11)20-14(24)9-25-16-22-21-15(23(16)2)12-5-3-4-6-13(12)18/h3-6,11H,7-9H2,1-2H3,(H,20,24)/t17-/m0/s1. The van der Waals surface area contributed by atoms with Gasteiger partial charge >= 0.3 is 0 Å². The van der Waals surface area contributed by atoms with Crippen LogP contribution in [0.4, 0.5) is 4.39 Å². The maximum absolute atomic E-state index is 13.9. The van der Waals surface area contributed by atoms with Crippen molar-refractivity contribution in [1.82, 2.24) is 20.1 Å². The Labute approximate surface area is 149 Å². The number of thioether (sulfide) groups is 1. The molecule has 1 amide bonds. The van der Waals surface area contributed by atoms with Gasteiger partial charge in [-0.3, -0.25) is 4.79 Å². The molecule has 0 spiro atoms. The summed E-state index contributed by atoms with van der Waals surface area (Å²) < 4.78 is 15.6. The van der Waals surface area contributed by atoms with Crippen LogP contribution in [-0.4, -0.2) is 32.0 Å². The van der Waals surface area contributed by atoms with Crippen molar-refractivity contribution in [1.29, 1.82) is 5.26 Å². The fraction of sp³-hybridized carbons (Fsp3) is 0.412. The van der Waals surface area contributed by atoms with E-state index in [1.54, 1.807) is 36.7 Å². The number of nitrogens with one attached hydrogen (secondary N) is 1. The average Bonchev–Trinajstić information content (AvgIpc) is 3.39. The molecule has 25 heavy (non-hydrogen) atoms. The van der Waals surface area contributed by atoms with E-state index >= 15 is 0 Å². The molecular formula is C17H18FN5OS. The van der Waals surface area contributed by atoms with E-state index in [1.807, 2.05) is 0 Å². The fourth-order valence-electron chi connectivity index (χ4n) is 2.66. The maximum atomic E-state index is 13.9. The maximum Gasteiger partial charge on any atom is 0.231 e. The van der Waals surface area contributed by atoms with Crippen LogP contribution in [0.1, 0.15) is 19.8 Å². The molecule has 1 aromatic carbocycles. The van der Waals surface area contributed by atoms with Gasteiger partial charge in [0.15, 0.2) is 11.0 Å². The molecule has 1 aliphatic rings. The zero-order valence-electron chi connectivity index (χ0n) is 14.0. The van der Waals surface area contributed by atoms with Crippen LogP contribution >= 0.6 is 11.8 Å². The van der Waals surface area contributed by atoms with Gasteiger partial charge in [0.25, 0.3) is 0 Å². The summed E-state index contributed by atoms with van der Waals surface area (Å²) in [5.41, 5.74) is -0.449. The molecule has 8 heteroatoms. The predicted molar refractivity (Wildman–Crippen MR) is 92.0 cm³/mol. The van der Waals surface area contributed by atoms with Gasteiger partial charge in [0.2, 0.25) is 5.91 Å². The number of hydrogen-bond donors (Lipinski definition) is 1. The lowest BCUT2D eigenvalue weighted by Gasteiger charge is -2.22. The fourth-order valence-corrected chi connectivity index (χ4v) is 3.37. The largest absolute Gasteiger partial charge is 0.337 e. The summed E-state index contributed by atoms with van der Waals surface area (Å²) in [4.78, 5) is 12.2. The van der Waals surface area contributed by atoms with Crippen LogP contribution in [0.25, 0.3) is 11.4 Å². The normalized spacial score (nSPS) is 16.1. The number of benzene rings is 1. The molecule has 1 heterocycles. The first-order chi connectivity index (χ1) is 11.9. The van der Waals surface area contributed by atoms with Crippen molar-refractivity contribution in [3.05, 3.63) is 30.1 Å². The quantitative estimate of drug-likeness (QED) is 0.801. The van der Waals surface area contributed by atoms with Crippen molar-refractivity contribution in [2.45, 2.75) is 30.5 Å². The lowest BCUT2D eigenvalue weighted by Crippen LogP contribution is -2.47. The van der Waals surface area contributed by atoms with E-state index in [0.29, 0.717) is 16.5 Å². The molecule has 0 aliphatic heterocycles. The Morgan fingerprint density at radius 2 is 2.20 bits per heavy atom. The highest BCUT2D eigenvalue weighted by Gasteiger charge is 2.42. The Bertz CT molecular complexity index is 842. The molecule has 6 nitrogen and oxygen atoms in total. The summed E-state index contributed by atoms with van der Waals surface area (Å²) in [6.45, 7) is 1.76. The monoisotopic (exact) mass is 359 g/mol. The third-order valence-corrected chi connectivity index (χ3v) is 5.33. The topological polar surface area (TPSA) is 83.6 Å². The summed E-state index contributed by atoms with van der Waals surface area (Å²) in [6, 6.07) is 8.54. The zero-order valence-corrected chi connectivity index (χ0v) is 14.8. The Hall–Kier alpha value is -2.40.